The molecule has 1 amide bonds. The van der Waals surface area contributed by atoms with E-state index in [9.17, 15) is 4.79 Å². The van der Waals surface area contributed by atoms with Gasteiger partial charge in [0.1, 0.15) is 0 Å². The molecule has 4 heterocycles. The van der Waals surface area contributed by atoms with Gasteiger partial charge in [-0.05, 0) is 30.5 Å². The highest BCUT2D eigenvalue weighted by Crippen LogP contribution is 2.54. The third-order valence-corrected chi connectivity index (χ3v) is 6.77. The lowest BCUT2D eigenvalue weighted by atomic mass is 9.73. The van der Waals surface area contributed by atoms with Gasteiger partial charge in [-0.25, -0.2) is 0 Å². The summed E-state index contributed by atoms with van der Waals surface area (Å²) in [6.45, 7) is 3.68. The molecule has 1 aromatic heterocycles. The van der Waals surface area contributed by atoms with Crippen LogP contribution in [0.15, 0.2) is 60.9 Å². The highest BCUT2D eigenvalue weighted by Gasteiger charge is 2.62. The molecule has 5 rings (SSSR count). The lowest BCUT2D eigenvalue weighted by molar-refractivity contribution is 0.00366. The predicted molar refractivity (Wildman–Crippen MR) is 112 cm³/mol. The number of hydrogen-bond donors (Lipinski definition) is 1. The molecule has 150 valence electrons. The lowest BCUT2D eigenvalue weighted by Crippen LogP contribution is -2.41. The first-order valence-electron chi connectivity index (χ1n) is 10.5. The number of nitrogens with one attached hydrogen (secondary N) is 1. The molecule has 4 atom stereocenters. The van der Waals surface area contributed by atoms with Gasteiger partial charge in [0, 0.05) is 56.0 Å². The maximum Gasteiger partial charge on any atom is 0.251 e. The summed E-state index contributed by atoms with van der Waals surface area (Å²) in [6, 6.07) is 13.9. The molecule has 0 radical (unpaired) electrons. The topological polar surface area (TPSA) is 54.5 Å². The van der Waals surface area contributed by atoms with Crippen molar-refractivity contribution in [3.63, 3.8) is 0 Å². The lowest BCUT2D eigenvalue weighted by Gasteiger charge is -2.29. The van der Waals surface area contributed by atoms with Crippen molar-refractivity contribution in [3.8, 4) is 0 Å². The Bertz CT molecular complexity index is 886. The summed E-state index contributed by atoms with van der Waals surface area (Å²) in [4.78, 5) is 18.9. The standard InChI is InChI=1S/C24H27N3O2/c28-23(19-9-12-25-13-10-19)26-15-20-21-16-27(17-24(21)11-8-22(20)29-24)14-4-7-18-5-2-1-3-6-18/h1-7,9-10,12-13,20-22H,8,11,14-17H2,(H,26,28)/t20-,21+,22+,24+/m0/s1. The van der Waals surface area contributed by atoms with Gasteiger partial charge in [-0.3, -0.25) is 14.7 Å². The maximum absolute atomic E-state index is 12.4. The molecule has 5 heteroatoms. The van der Waals surface area contributed by atoms with Gasteiger partial charge in [-0.1, -0.05) is 42.5 Å². The Kier molecular flexibility index (Phi) is 4.94. The van der Waals surface area contributed by atoms with Crippen molar-refractivity contribution in [1.82, 2.24) is 15.2 Å². The summed E-state index contributed by atoms with van der Waals surface area (Å²) in [6.07, 6.45) is 10.3. The summed E-state index contributed by atoms with van der Waals surface area (Å²) in [5.41, 5.74) is 1.90. The van der Waals surface area contributed by atoms with E-state index in [4.69, 9.17) is 4.74 Å². The number of nitrogens with zero attached hydrogens (tertiary/aromatic N) is 2. The van der Waals surface area contributed by atoms with E-state index in [1.54, 1.807) is 24.5 Å². The van der Waals surface area contributed by atoms with Gasteiger partial charge >= 0.3 is 0 Å². The largest absolute Gasteiger partial charge is 0.370 e. The Balaban J connectivity index is 1.20. The van der Waals surface area contributed by atoms with Crippen LogP contribution in [0.25, 0.3) is 6.08 Å². The number of amides is 1. The van der Waals surface area contributed by atoms with Crippen LogP contribution in [0, 0.1) is 11.8 Å². The smallest absolute Gasteiger partial charge is 0.251 e. The number of carbonyl (C=O) groups excluding carboxylic acids is 1. The number of carbonyl (C=O) groups is 1. The van der Waals surface area contributed by atoms with E-state index in [1.165, 1.54) is 5.56 Å². The van der Waals surface area contributed by atoms with Crippen molar-refractivity contribution in [2.75, 3.05) is 26.2 Å². The van der Waals surface area contributed by atoms with Crippen LogP contribution < -0.4 is 5.32 Å². The zero-order chi connectivity index (χ0) is 19.7. The van der Waals surface area contributed by atoms with Gasteiger partial charge in [0.25, 0.3) is 5.91 Å². The Morgan fingerprint density at radius 3 is 2.90 bits per heavy atom. The minimum absolute atomic E-state index is 0.00266. The molecule has 5 nitrogen and oxygen atoms in total. The summed E-state index contributed by atoms with van der Waals surface area (Å²) in [5, 5.41) is 3.14. The van der Waals surface area contributed by atoms with Crippen LogP contribution in [-0.2, 0) is 4.74 Å². The molecule has 0 aliphatic carbocycles. The van der Waals surface area contributed by atoms with Gasteiger partial charge in [0.2, 0.25) is 0 Å². The van der Waals surface area contributed by atoms with Crippen LogP contribution in [-0.4, -0.2) is 53.7 Å². The zero-order valence-corrected chi connectivity index (χ0v) is 16.5. The minimum atomic E-state index is -0.0233. The van der Waals surface area contributed by atoms with Crippen LogP contribution in [0.1, 0.15) is 28.8 Å². The van der Waals surface area contributed by atoms with Crippen LogP contribution in [0.5, 0.6) is 0 Å². The van der Waals surface area contributed by atoms with E-state index in [1.807, 2.05) is 6.07 Å². The predicted octanol–water partition coefficient (Wildman–Crippen LogP) is 3.00. The van der Waals surface area contributed by atoms with E-state index >= 15 is 0 Å². The number of hydrogen-bond acceptors (Lipinski definition) is 4. The van der Waals surface area contributed by atoms with Crippen LogP contribution >= 0.6 is 0 Å². The molecule has 29 heavy (non-hydrogen) atoms. The molecule has 2 bridgehead atoms. The number of likely N-dealkylation sites (tertiary alicyclic amines) is 1. The Labute approximate surface area is 171 Å². The molecule has 1 spiro atoms. The quantitative estimate of drug-likeness (QED) is 0.825. The first-order chi connectivity index (χ1) is 14.2. The number of rotatable bonds is 6. The van der Waals surface area contributed by atoms with Gasteiger partial charge in [0.05, 0.1) is 11.7 Å². The Hall–Kier alpha value is -2.50. The van der Waals surface area contributed by atoms with Crippen molar-refractivity contribution < 1.29 is 9.53 Å². The second-order valence-electron chi connectivity index (χ2n) is 8.48. The van der Waals surface area contributed by atoms with Gasteiger partial charge in [-0.15, -0.1) is 0 Å². The fourth-order valence-electron chi connectivity index (χ4n) is 5.42. The van der Waals surface area contributed by atoms with E-state index in [2.05, 4.69) is 51.6 Å². The fourth-order valence-corrected chi connectivity index (χ4v) is 5.42. The molecule has 1 N–H and O–H groups in total. The van der Waals surface area contributed by atoms with E-state index in [0.717, 1.165) is 32.5 Å². The van der Waals surface area contributed by atoms with Crippen LogP contribution in [0.2, 0.25) is 0 Å². The third kappa shape index (κ3) is 3.61. The van der Waals surface area contributed by atoms with E-state index < -0.39 is 0 Å². The molecule has 0 saturated carbocycles. The summed E-state index contributed by atoms with van der Waals surface area (Å²) >= 11 is 0. The number of ether oxygens (including phenoxy) is 1. The van der Waals surface area contributed by atoms with Gasteiger partial charge < -0.3 is 10.1 Å². The molecule has 3 fully saturated rings. The minimum Gasteiger partial charge on any atom is -0.370 e. The highest BCUT2D eigenvalue weighted by atomic mass is 16.5. The van der Waals surface area contributed by atoms with Crippen molar-refractivity contribution in [3.05, 3.63) is 72.1 Å². The number of pyridine rings is 1. The third-order valence-electron chi connectivity index (χ3n) is 6.77. The molecule has 0 unspecified atom stereocenters. The monoisotopic (exact) mass is 389 g/mol. The molecule has 3 saturated heterocycles. The molecule has 2 aromatic rings. The molecule has 1 aromatic carbocycles. The summed E-state index contributed by atoms with van der Waals surface area (Å²) < 4.78 is 6.50. The van der Waals surface area contributed by atoms with Crippen molar-refractivity contribution in [2.24, 2.45) is 11.8 Å². The van der Waals surface area contributed by atoms with E-state index in [0.29, 0.717) is 30.0 Å². The van der Waals surface area contributed by atoms with Gasteiger partial charge in [0.15, 0.2) is 0 Å². The normalized spacial score (nSPS) is 30.7. The first-order valence-corrected chi connectivity index (χ1v) is 10.5. The fraction of sp³-hybridized carbons (Fsp3) is 0.417. The highest BCUT2D eigenvalue weighted by molar-refractivity contribution is 5.93. The number of aromatic nitrogens is 1. The van der Waals surface area contributed by atoms with Crippen LogP contribution in [0.4, 0.5) is 0 Å². The second kappa shape index (κ2) is 7.73. The second-order valence-corrected chi connectivity index (χ2v) is 8.48. The average Bonchev–Trinajstić information content (AvgIpc) is 3.42. The number of benzene rings is 1. The van der Waals surface area contributed by atoms with Crippen molar-refractivity contribution >= 4 is 12.0 Å². The SMILES string of the molecule is O=C(NC[C@H]1[C@H]2CN(CC=Cc3ccccc3)C[C@]23CC[C@H]1O3)c1ccncc1. The molecular formula is C24H27N3O2. The number of fused-ring (bicyclic) bond motifs is 1. The van der Waals surface area contributed by atoms with Crippen molar-refractivity contribution in [1.29, 1.82) is 0 Å². The average molecular weight is 389 g/mol. The first kappa shape index (κ1) is 18.5. The zero-order valence-electron chi connectivity index (χ0n) is 16.5. The maximum atomic E-state index is 12.4. The summed E-state index contributed by atoms with van der Waals surface area (Å²) in [5.74, 6) is 0.881. The molecular weight excluding hydrogens is 362 g/mol. The summed E-state index contributed by atoms with van der Waals surface area (Å²) in [7, 11) is 0. The molecule has 3 aliphatic rings. The van der Waals surface area contributed by atoms with E-state index in [-0.39, 0.29) is 11.5 Å². The molecule has 3 aliphatic heterocycles. The van der Waals surface area contributed by atoms with Crippen molar-refractivity contribution in [2.45, 2.75) is 24.5 Å². The van der Waals surface area contributed by atoms with Gasteiger partial charge in [-0.2, -0.15) is 0 Å². The Morgan fingerprint density at radius 1 is 1.24 bits per heavy atom. The Morgan fingerprint density at radius 2 is 2.07 bits per heavy atom. The van der Waals surface area contributed by atoms with Crippen LogP contribution in [0.3, 0.4) is 0 Å².